The molecule has 2 heterocycles. The second-order valence-electron chi connectivity index (χ2n) is 9.07. The zero-order chi connectivity index (χ0) is 22.6. The summed E-state index contributed by atoms with van der Waals surface area (Å²) in [6, 6.07) is 12.9. The smallest absolute Gasteiger partial charge is 0.228 e. The van der Waals surface area contributed by atoms with E-state index in [0.717, 1.165) is 40.8 Å². The Bertz CT molecular complexity index is 858. The van der Waals surface area contributed by atoms with Gasteiger partial charge in [-0.3, -0.25) is 9.80 Å². The Morgan fingerprint density at radius 3 is 2.48 bits per heavy atom. The minimum atomic E-state index is -0.119. The molecule has 0 amide bonds. The summed E-state index contributed by atoms with van der Waals surface area (Å²) in [5.74, 6) is 0.608. The fraction of sp³-hybridized carbons (Fsp3) is 0.542. The number of aromatic nitrogens is 1. The SMILES string of the molecule is CO[C@@H](C)c1nc(OCC2CN(Cc3ccccc3)CCN2C(C)(C)C)c(Br)cc1Br. The fourth-order valence-corrected chi connectivity index (χ4v) is 5.45. The van der Waals surface area contributed by atoms with E-state index in [2.05, 4.69) is 92.8 Å². The zero-order valence-electron chi connectivity index (χ0n) is 19.1. The molecule has 1 aliphatic rings. The van der Waals surface area contributed by atoms with E-state index in [1.54, 1.807) is 7.11 Å². The van der Waals surface area contributed by atoms with E-state index in [1.165, 1.54) is 5.56 Å². The molecule has 0 N–H and O–H groups in total. The highest BCUT2D eigenvalue weighted by molar-refractivity contribution is 9.11. The second-order valence-corrected chi connectivity index (χ2v) is 10.8. The maximum atomic E-state index is 6.29. The summed E-state index contributed by atoms with van der Waals surface area (Å²) in [5, 5.41) is 0. The molecule has 31 heavy (non-hydrogen) atoms. The largest absolute Gasteiger partial charge is 0.475 e. The summed E-state index contributed by atoms with van der Waals surface area (Å²) < 4.78 is 13.5. The van der Waals surface area contributed by atoms with E-state index >= 15 is 0 Å². The first-order chi connectivity index (χ1) is 14.7. The molecular weight excluding hydrogens is 522 g/mol. The van der Waals surface area contributed by atoms with Crippen LogP contribution in [-0.4, -0.2) is 59.7 Å². The van der Waals surface area contributed by atoms with Crippen molar-refractivity contribution in [1.82, 2.24) is 14.8 Å². The van der Waals surface area contributed by atoms with Gasteiger partial charge in [0, 0.05) is 43.3 Å². The summed E-state index contributed by atoms with van der Waals surface area (Å²) in [4.78, 5) is 9.81. The Kier molecular flexibility index (Phi) is 8.55. The molecule has 1 unspecified atom stereocenters. The average Bonchev–Trinajstić information content (AvgIpc) is 2.72. The van der Waals surface area contributed by atoms with E-state index in [1.807, 2.05) is 13.0 Å². The summed E-state index contributed by atoms with van der Waals surface area (Å²) >= 11 is 7.19. The average molecular weight is 555 g/mol. The zero-order valence-corrected chi connectivity index (χ0v) is 22.2. The molecule has 0 radical (unpaired) electrons. The van der Waals surface area contributed by atoms with Crippen molar-refractivity contribution in [3.8, 4) is 5.88 Å². The number of benzene rings is 1. The predicted octanol–water partition coefficient (Wildman–Crippen LogP) is 5.68. The number of nitrogens with zero attached hydrogens (tertiary/aromatic N) is 3. The van der Waals surface area contributed by atoms with Crippen LogP contribution in [0.1, 0.15) is 45.1 Å². The summed E-state index contributed by atoms with van der Waals surface area (Å²) in [6.07, 6.45) is -0.119. The molecule has 7 heteroatoms. The lowest BCUT2D eigenvalue weighted by atomic mass is 10.00. The number of ether oxygens (including phenoxy) is 2. The van der Waals surface area contributed by atoms with Gasteiger partial charge in [0.2, 0.25) is 5.88 Å². The second kappa shape index (κ2) is 10.8. The van der Waals surface area contributed by atoms with Crippen LogP contribution in [0.15, 0.2) is 45.3 Å². The van der Waals surface area contributed by atoms with Gasteiger partial charge in [-0.05, 0) is 71.2 Å². The van der Waals surface area contributed by atoms with Crippen molar-refractivity contribution in [3.63, 3.8) is 0 Å². The molecule has 2 aromatic rings. The number of rotatable bonds is 7. The lowest BCUT2D eigenvalue weighted by molar-refractivity contribution is -0.0127. The Hall–Kier alpha value is -0.990. The normalized spacial score (nSPS) is 19.4. The number of methoxy groups -OCH3 is 1. The first kappa shape index (κ1) is 24.6. The topological polar surface area (TPSA) is 37.8 Å². The summed E-state index contributed by atoms with van der Waals surface area (Å²) in [6.45, 7) is 13.4. The maximum absolute atomic E-state index is 6.29. The molecule has 1 fully saturated rings. The molecule has 0 saturated carbocycles. The van der Waals surface area contributed by atoms with Crippen LogP contribution in [0.4, 0.5) is 0 Å². The Morgan fingerprint density at radius 1 is 1.13 bits per heavy atom. The molecule has 2 atom stereocenters. The monoisotopic (exact) mass is 553 g/mol. The lowest BCUT2D eigenvalue weighted by Crippen LogP contribution is -2.60. The van der Waals surface area contributed by atoms with E-state index in [-0.39, 0.29) is 17.7 Å². The maximum Gasteiger partial charge on any atom is 0.228 e. The van der Waals surface area contributed by atoms with E-state index in [9.17, 15) is 0 Å². The summed E-state index contributed by atoms with van der Waals surface area (Å²) in [5.41, 5.74) is 2.26. The molecule has 1 aromatic heterocycles. The Morgan fingerprint density at radius 2 is 1.84 bits per heavy atom. The van der Waals surface area contributed by atoms with Crippen LogP contribution >= 0.6 is 31.9 Å². The van der Waals surface area contributed by atoms with E-state index < -0.39 is 0 Å². The van der Waals surface area contributed by atoms with Gasteiger partial charge in [0.15, 0.2) is 0 Å². The molecule has 1 aliphatic heterocycles. The number of pyridine rings is 1. The van der Waals surface area contributed by atoms with Crippen LogP contribution < -0.4 is 4.74 Å². The van der Waals surface area contributed by atoms with Crippen LogP contribution in [0, 0.1) is 0 Å². The van der Waals surface area contributed by atoms with E-state index in [0.29, 0.717) is 12.5 Å². The van der Waals surface area contributed by atoms with Crippen LogP contribution in [0.2, 0.25) is 0 Å². The van der Waals surface area contributed by atoms with Crippen LogP contribution in [0.25, 0.3) is 0 Å². The minimum Gasteiger partial charge on any atom is -0.475 e. The fourth-order valence-electron chi connectivity index (χ4n) is 4.07. The predicted molar refractivity (Wildman–Crippen MR) is 133 cm³/mol. The van der Waals surface area contributed by atoms with Crippen molar-refractivity contribution in [2.45, 2.75) is 51.9 Å². The van der Waals surface area contributed by atoms with Gasteiger partial charge in [-0.1, -0.05) is 30.3 Å². The molecule has 170 valence electrons. The van der Waals surface area contributed by atoms with Crippen molar-refractivity contribution >= 4 is 31.9 Å². The highest BCUT2D eigenvalue weighted by Crippen LogP contribution is 2.33. The van der Waals surface area contributed by atoms with Crippen molar-refractivity contribution in [1.29, 1.82) is 0 Å². The summed E-state index contributed by atoms with van der Waals surface area (Å²) in [7, 11) is 1.69. The van der Waals surface area contributed by atoms with Gasteiger partial charge >= 0.3 is 0 Å². The minimum absolute atomic E-state index is 0.0764. The van der Waals surface area contributed by atoms with Gasteiger partial charge in [0.25, 0.3) is 0 Å². The van der Waals surface area contributed by atoms with Gasteiger partial charge in [-0.25, -0.2) is 4.98 Å². The van der Waals surface area contributed by atoms with Gasteiger partial charge < -0.3 is 9.47 Å². The third kappa shape index (κ3) is 6.51. The quantitative estimate of drug-likeness (QED) is 0.440. The third-order valence-corrected chi connectivity index (χ3v) is 6.96. The molecule has 0 bridgehead atoms. The Balaban J connectivity index is 1.74. The highest BCUT2D eigenvalue weighted by atomic mass is 79.9. The highest BCUT2D eigenvalue weighted by Gasteiger charge is 2.34. The number of halogens is 2. The molecule has 1 saturated heterocycles. The van der Waals surface area contributed by atoms with Crippen LogP contribution in [0.5, 0.6) is 5.88 Å². The van der Waals surface area contributed by atoms with Gasteiger partial charge in [0.1, 0.15) is 6.61 Å². The Labute approximate surface area is 203 Å². The van der Waals surface area contributed by atoms with Crippen molar-refractivity contribution < 1.29 is 9.47 Å². The first-order valence-corrected chi connectivity index (χ1v) is 12.3. The third-order valence-electron chi connectivity index (χ3n) is 5.75. The van der Waals surface area contributed by atoms with Crippen LogP contribution in [0.3, 0.4) is 0 Å². The molecule has 0 spiro atoms. The van der Waals surface area contributed by atoms with Gasteiger partial charge in [-0.2, -0.15) is 0 Å². The molecule has 5 nitrogen and oxygen atoms in total. The van der Waals surface area contributed by atoms with Crippen molar-refractivity contribution in [3.05, 3.63) is 56.6 Å². The van der Waals surface area contributed by atoms with Crippen molar-refractivity contribution in [2.75, 3.05) is 33.4 Å². The standard InChI is InChI=1S/C24H33Br2N3O2/c1-17(30-5)22-20(25)13-21(26)23(27-22)31-16-19-15-28(11-12-29(19)24(2,3)4)14-18-9-7-6-8-10-18/h6-10,13,17,19H,11-12,14-16H2,1-5H3/t17-,19?/m0/s1. The molecule has 3 rings (SSSR count). The van der Waals surface area contributed by atoms with E-state index in [4.69, 9.17) is 14.5 Å². The number of hydrogen-bond donors (Lipinski definition) is 0. The number of piperazine rings is 1. The molecular formula is C24H33Br2N3O2. The molecule has 1 aromatic carbocycles. The van der Waals surface area contributed by atoms with Crippen molar-refractivity contribution in [2.24, 2.45) is 0 Å². The van der Waals surface area contributed by atoms with Gasteiger partial charge in [0.05, 0.1) is 22.3 Å². The number of hydrogen-bond acceptors (Lipinski definition) is 5. The van der Waals surface area contributed by atoms with Gasteiger partial charge in [-0.15, -0.1) is 0 Å². The van der Waals surface area contributed by atoms with Crippen LogP contribution in [-0.2, 0) is 11.3 Å². The molecule has 0 aliphatic carbocycles. The first-order valence-electron chi connectivity index (χ1n) is 10.7. The lowest BCUT2D eigenvalue weighted by Gasteiger charge is -2.47.